The van der Waals surface area contributed by atoms with Crippen LogP contribution in [0, 0.1) is 6.92 Å². The number of nitrogens with one attached hydrogen (secondary N) is 1. The van der Waals surface area contributed by atoms with E-state index in [-0.39, 0.29) is 11.9 Å². The molecule has 0 saturated heterocycles. The van der Waals surface area contributed by atoms with Gasteiger partial charge in [-0.25, -0.2) is 4.79 Å². The molecule has 1 amide bonds. The number of aromatic nitrogens is 1. The Labute approximate surface area is 247 Å². The minimum Gasteiger partial charge on any atom is -0.477 e. The normalized spacial score (nSPS) is 12.7. The van der Waals surface area contributed by atoms with Gasteiger partial charge in [-0.3, -0.25) is 4.79 Å². The lowest BCUT2D eigenvalue weighted by molar-refractivity contribution is -0.147. The summed E-state index contributed by atoms with van der Waals surface area (Å²) in [5.74, 6) is -0.136. The highest BCUT2D eigenvalue weighted by Gasteiger charge is 2.19. The zero-order valence-corrected chi connectivity index (χ0v) is 25.5. The number of ether oxygens (including phenoxy) is 2. The Hall–Kier alpha value is -3.77. The van der Waals surface area contributed by atoms with E-state index < -0.39 is 12.1 Å². The molecule has 1 aromatic heterocycles. The van der Waals surface area contributed by atoms with Crippen LogP contribution < -0.4 is 10.1 Å². The Morgan fingerprint density at radius 1 is 1.00 bits per heavy atom. The molecule has 0 radical (unpaired) electrons. The van der Waals surface area contributed by atoms with Gasteiger partial charge in [0.05, 0.1) is 18.2 Å². The predicted molar refractivity (Wildman–Crippen MR) is 165 cm³/mol. The summed E-state index contributed by atoms with van der Waals surface area (Å²) in [4.78, 5) is 25.0. The SMILES string of the molecule is CCCCc1ccc([C@H](C)NC(=O)c2ccc3c(Cc4ccc(Cl)c(O[C@H](C)C(=O)OC)c4)c(C)n(C)c3c2)cc1. The highest BCUT2D eigenvalue weighted by molar-refractivity contribution is 6.32. The van der Waals surface area contributed by atoms with E-state index in [1.807, 2.05) is 44.3 Å². The summed E-state index contributed by atoms with van der Waals surface area (Å²) in [7, 11) is 3.34. The second-order valence-corrected chi connectivity index (χ2v) is 11.0. The lowest BCUT2D eigenvalue weighted by atomic mass is 10.0. The number of nitrogens with zero attached hydrogens (tertiary/aromatic N) is 1. The molecule has 0 bridgehead atoms. The average Bonchev–Trinajstić information content (AvgIpc) is 3.21. The van der Waals surface area contributed by atoms with E-state index >= 15 is 0 Å². The maximum atomic E-state index is 13.2. The van der Waals surface area contributed by atoms with Crippen LogP contribution in [0.4, 0.5) is 0 Å². The molecule has 7 heteroatoms. The Bertz CT molecular complexity index is 1540. The molecule has 0 aliphatic rings. The summed E-state index contributed by atoms with van der Waals surface area (Å²) in [6, 6.07) is 19.9. The fourth-order valence-corrected chi connectivity index (χ4v) is 5.24. The van der Waals surface area contributed by atoms with Crippen LogP contribution in [-0.2, 0) is 29.4 Å². The predicted octanol–water partition coefficient (Wildman–Crippen LogP) is 7.50. The third-order valence-corrected chi connectivity index (χ3v) is 8.06. The number of carbonyl (C=O) groups excluding carboxylic acids is 2. The minimum atomic E-state index is -0.774. The van der Waals surface area contributed by atoms with Crippen molar-refractivity contribution in [1.82, 2.24) is 9.88 Å². The molecular weight excluding hydrogens is 536 g/mol. The largest absolute Gasteiger partial charge is 0.477 e. The number of amides is 1. The van der Waals surface area contributed by atoms with Crippen LogP contribution in [0.1, 0.15) is 78.0 Å². The summed E-state index contributed by atoms with van der Waals surface area (Å²) >= 11 is 6.35. The molecule has 0 unspecified atom stereocenters. The topological polar surface area (TPSA) is 69.6 Å². The maximum absolute atomic E-state index is 13.2. The van der Waals surface area contributed by atoms with Gasteiger partial charge >= 0.3 is 5.97 Å². The van der Waals surface area contributed by atoms with Crippen LogP contribution in [0.2, 0.25) is 5.02 Å². The lowest BCUT2D eigenvalue weighted by Crippen LogP contribution is -2.26. The second-order valence-electron chi connectivity index (χ2n) is 10.6. The summed E-state index contributed by atoms with van der Waals surface area (Å²) < 4.78 is 12.7. The van der Waals surface area contributed by atoms with Crippen molar-refractivity contribution >= 4 is 34.4 Å². The molecular formula is C34H39ClN2O4. The number of halogens is 1. The summed E-state index contributed by atoms with van der Waals surface area (Å²) in [5, 5.41) is 4.66. The van der Waals surface area contributed by atoms with Crippen molar-refractivity contribution in [2.24, 2.45) is 7.05 Å². The van der Waals surface area contributed by atoms with Gasteiger partial charge in [0.2, 0.25) is 0 Å². The molecule has 0 saturated carbocycles. The molecule has 4 aromatic rings. The molecule has 0 spiro atoms. The van der Waals surface area contributed by atoms with Gasteiger partial charge < -0.3 is 19.4 Å². The number of hydrogen-bond acceptors (Lipinski definition) is 4. The molecule has 2 atom stereocenters. The van der Waals surface area contributed by atoms with Crippen molar-refractivity contribution in [2.75, 3.05) is 7.11 Å². The first-order chi connectivity index (χ1) is 19.6. The average molecular weight is 575 g/mol. The number of aryl methyl sites for hydroxylation is 2. The molecule has 0 fully saturated rings. The van der Waals surface area contributed by atoms with Gasteiger partial charge in [-0.15, -0.1) is 0 Å². The van der Waals surface area contributed by atoms with Gasteiger partial charge in [0.15, 0.2) is 6.10 Å². The molecule has 0 aliphatic carbocycles. The molecule has 216 valence electrons. The van der Waals surface area contributed by atoms with Gasteiger partial charge in [-0.1, -0.05) is 61.3 Å². The number of benzene rings is 3. The van der Waals surface area contributed by atoms with Gasteiger partial charge in [-0.2, -0.15) is 0 Å². The third kappa shape index (κ3) is 6.94. The number of unbranched alkanes of at least 4 members (excludes halogenated alkanes) is 1. The Morgan fingerprint density at radius 2 is 1.71 bits per heavy atom. The zero-order valence-electron chi connectivity index (χ0n) is 24.7. The van der Waals surface area contributed by atoms with Crippen LogP contribution in [0.5, 0.6) is 5.75 Å². The first kappa shape index (κ1) is 30.2. The molecule has 1 heterocycles. The van der Waals surface area contributed by atoms with Crippen LogP contribution in [0.15, 0.2) is 60.7 Å². The van der Waals surface area contributed by atoms with E-state index in [0.29, 0.717) is 22.8 Å². The van der Waals surface area contributed by atoms with Gasteiger partial charge in [0, 0.05) is 29.2 Å². The van der Waals surface area contributed by atoms with Crippen LogP contribution in [0.25, 0.3) is 10.9 Å². The van der Waals surface area contributed by atoms with E-state index in [1.165, 1.54) is 25.5 Å². The zero-order chi connectivity index (χ0) is 29.7. The summed E-state index contributed by atoms with van der Waals surface area (Å²) in [6.45, 7) is 7.91. The van der Waals surface area contributed by atoms with E-state index in [4.69, 9.17) is 21.1 Å². The van der Waals surface area contributed by atoms with Crippen molar-refractivity contribution in [2.45, 2.75) is 65.5 Å². The first-order valence-corrected chi connectivity index (χ1v) is 14.5. The number of rotatable bonds is 11. The quantitative estimate of drug-likeness (QED) is 0.188. The standard InChI is InChI=1S/C34H39ClN2O4/c1-7-8-9-24-10-13-26(14-11-24)21(2)36-33(38)27-15-16-28-29(22(3)37(5)31(28)20-27)18-25-12-17-30(35)32(19-25)41-23(4)34(39)40-6/h10-17,19-21,23H,7-9,18H2,1-6H3,(H,36,38)/t21-,23+/m0/s1. The Morgan fingerprint density at radius 3 is 2.39 bits per heavy atom. The van der Waals surface area contributed by atoms with E-state index in [2.05, 4.69) is 48.0 Å². The molecule has 4 rings (SSSR count). The van der Waals surface area contributed by atoms with Crippen molar-refractivity contribution in [3.63, 3.8) is 0 Å². The lowest BCUT2D eigenvalue weighted by Gasteiger charge is -2.15. The Kier molecular flexibility index (Phi) is 9.77. The van der Waals surface area contributed by atoms with Gasteiger partial charge in [0.1, 0.15) is 5.75 Å². The first-order valence-electron chi connectivity index (χ1n) is 14.1. The number of methoxy groups -OCH3 is 1. The molecule has 41 heavy (non-hydrogen) atoms. The fraction of sp³-hybridized carbons (Fsp3) is 0.353. The molecule has 0 aliphatic heterocycles. The fourth-order valence-electron chi connectivity index (χ4n) is 5.08. The Balaban J connectivity index is 1.52. The molecule has 1 N–H and O–H groups in total. The second kappa shape index (κ2) is 13.3. The summed E-state index contributed by atoms with van der Waals surface area (Å²) in [5.41, 5.74) is 7.28. The van der Waals surface area contributed by atoms with Gasteiger partial charge in [0.25, 0.3) is 5.91 Å². The van der Waals surface area contributed by atoms with E-state index in [0.717, 1.165) is 39.7 Å². The van der Waals surface area contributed by atoms with Crippen LogP contribution in [-0.4, -0.2) is 29.7 Å². The highest BCUT2D eigenvalue weighted by Crippen LogP contribution is 2.32. The van der Waals surface area contributed by atoms with Crippen molar-refractivity contribution in [3.8, 4) is 5.75 Å². The molecule has 6 nitrogen and oxygen atoms in total. The van der Waals surface area contributed by atoms with Crippen molar-refractivity contribution in [3.05, 3.63) is 99.2 Å². The van der Waals surface area contributed by atoms with E-state index in [9.17, 15) is 9.59 Å². The van der Waals surface area contributed by atoms with Crippen molar-refractivity contribution < 1.29 is 19.1 Å². The highest BCUT2D eigenvalue weighted by atomic mass is 35.5. The van der Waals surface area contributed by atoms with Gasteiger partial charge in [-0.05, 0) is 86.6 Å². The number of carbonyl (C=O) groups is 2. The van der Waals surface area contributed by atoms with Crippen LogP contribution >= 0.6 is 11.6 Å². The van der Waals surface area contributed by atoms with Crippen LogP contribution in [0.3, 0.4) is 0 Å². The number of fused-ring (bicyclic) bond motifs is 1. The summed E-state index contributed by atoms with van der Waals surface area (Å²) in [6.07, 6.45) is 3.30. The van der Waals surface area contributed by atoms with Crippen molar-refractivity contribution in [1.29, 1.82) is 0 Å². The number of esters is 1. The monoisotopic (exact) mass is 574 g/mol. The smallest absolute Gasteiger partial charge is 0.346 e. The maximum Gasteiger partial charge on any atom is 0.346 e. The van der Waals surface area contributed by atoms with E-state index in [1.54, 1.807) is 13.0 Å². The third-order valence-electron chi connectivity index (χ3n) is 7.75. The minimum absolute atomic E-state index is 0.103. The molecule has 3 aromatic carbocycles. The number of hydrogen-bond donors (Lipinski definition) is 1.